The average Bonchev–Trinajstić information content (AvgIpc) is 2.88. The lowest BCUT2D eigenvalue weighted by molar-refractivity contribution is -0.207. The average molecular weight is 254 g/mol. The minimum atomic E-state index is -1.06. The first-order valence-corrected chi connectivity index (χ1v) is 5.29. The molecule has 0 amide bonds. The molecule has 98 valence electrons. The molecule has 0 bridgehead atoms. The molecule has 0 aliphatic carbocycles. The van der Waals surface area contributed by atoms with E-state index in [4.69, 9.17) is 9.68 Å². The summed E-state index contributed by atoms with van der Waals surface area (Å²) in [4.78, 5) is 36.0. The maximum absolute atomic E-state index is 11.4. The highest BCUT2D eigenvalue weighted by Crippen LogP contribution is 2.07. The van der Waals surface area contributed by atoms with Gasteiger partial charge in [-0.15, -0.1) is 0 Å². The van der Waals surface area contributed by atoms with Crippen LogP contribution in [0.4, 0.5) is 0 Å². The molecule has 0 atom stereocenters. The van der Waals surface area contributed by atoms with Gasteiger partial charge in [0.15, 0.2) is 0 Å². The van der Waals surface area contributed by atoms with Crippen LogP contribution >= 0.6 is 0 Å². The number of hydroxylamine groups is 4. The molecule has 2 rings (SSSR count). The summed E-state index contributed by atoms with van der Waals surface area (Å²) in [6.45, 7) is 0.761. The van der Waals surface area contributed by atoms with Crippen LogP contribution in [0.25, 0.3) is 0 Å². The Labute approximate surface area is 104 Å². The summed E-state index contributed by atoms with van der Waals surface area (Å²) < 4.78 is 0. The van der Waals surface area contributed by atoms with Crippen molar-refractivity contribution in [3.63, 3.8) is 0 Å². The Hall–Kier alpha value is -2.38. The van der Waals surface area contributed by atoms with Gasteiger partial charge in [0.05, 0.1) is 12.4 Å². The van der Waals surface area contributed by atoms with Crippen molar-refractivity contribution in [2.24, 2.45) is 0 Å². The number of hydrogen-bond donors (Lipinski definition) is 0. The molecular formula is C10H14N4O4. The molecule has 0 aromatic heterocycles. The van der Waals surface area contributed by atoms with Crippen molar-refractivity contribution in [2.75, 3.05) is 27.4 Å². The predicted molar refractivity (Wildman–Crippen MR) is 59.4 cm³/mol. The van der Waals surface area contributed by atoms with Crippen molar-refractivity contribution >= 4 is 11.9 Å². The molecule has 2 aliphatic rings. The van der Waals surface area contributed by atoms with Crippen molar-refractivity contribution in [2.45, 2.75) is 0 Å². The van der Waals surface area contributed by atoms with Crippen LogP contribution in [0.3, 0.4) is 0 Å². The molecule has 0 radical (unpaired) electrons. The molecule has 18 heavy (non-hydrogen) atoms. The van der Waals surface area contributed by atoms with Gasteiger partial charge >= 0.3 is 11.9 Å². The molecule has 8 heteroatoms. The fraction of sp³-hybridized carbons (Fsp3) is 0.400. The standard InChI is InChI=1S/C10H14N4O4/c1-11-3-5-13(7-11)17-9(15)10(16)18-14-6-4-12(2)8-14/h3-6H,7-8H2,1-2H3. The van der Waals surface area contributed by atoms with E-state index >= 15 is 0 Å². The third-order valence-electron chi connectivity index (χ3n) is 2.27. The van der Waals surface area contributed by atoms with E-state index in [2.05, 4.69) is 0 Å². The first-order valence-electron chi connectivity index (χ1n) is 5.29. The lowest BCUT2D eigenvalue weighted by atomic mass is 10.7. The van der Waals surface area contributed by atoms with Crippen LogP contribution in [0.5, 0.6) is 0 Å². The van der Waals surface area contributed by atoms with Crippen molar-refractivity contribution in [3.8, 4) is 0 Å². The van der Waals surface area contributed by atoms with E-state index in [0.717, 1.165) is 0 Å². The Kier molecular flexibility index (Phi) is 3.26. The third kappa shape index (κ3) is 2.84. The molecule has 2 heterocycles. The minimum absolute atomic E-state index is 0.380. The Balaban J connectivity index is 1.77. The molecule has 0 aromatic rings. The van der Waals surface area contributed by atoms with E-state index in [1.54, 1.807) is 34.6 Å². The summed E-state index contributed by atoms with van der Waals surface area (Å²) in [7, 11) is 3.63. The third-order valence-corrected chi connectivity index (χ3v) is 2.27. The summed E-state index contributed by atoms with van der Waals surface area (Å²) in [5.74, 6) is -2.11. The molecule has 0 aromatic carbocycles. The first-order chi connectivity index (χ1) is 8.54. The van der Waals surface area contributed by atoms with Crippen molar-refractivity contribution in [3.05, 3.63) is 24.8 Å². The van der Waals surface area contributed by atoms with E-state index in [-0.39, 0.29) is 0 Å². The van der Waals surface area contributed by atoms with E-state index in [1.807, 2.05) is 14.1 Å². The smallest absolute Gasteiger partial charge is 0.359 e. The van der Waals surface area contributed by atoms with E-state index in [0.29, 0.717) is 13.3 Å². The maximum Gasteiger partial charge on any atom is 0.444 e. The van der Waals surface area contributed by atoms with Crippen LogP contribution in [0, 0.1) is 0 Å². The van der Waals surface area contributed by atoms with Gasteiger partial charge in [-0.1, -0.05) is 0 Å². The summed E-state index contributed by atoms with van der Waals surface area (Å²) in [5, 5.41) is 2.49. The van der Waals surface area contributed by atoms with Gasteiger partial charge < -0.3 is 19.5 Å². The van der Waals surface area contributed by atoms with Crippen molar-refractivity contribution < 1.29 is 19.3 Å². The Morgan fingerprint density at radius 1 is 0.833 bits per heavy atom. The lowest BCUT2D eigenvalue weighted by Crippen LogP contribution is -2.34. The van der Waals surface area contributed by atoms with Gasteiger partial charge in [-0.25, -0.2) is 9.59 Å². The normalized spacial score (nSPS) is 17.7. The van der Waals surface area contributed by atoms with Crippen molar-refractivity contribution in [1.82, 2.24) is 19.9 Å². The Morgan fingerprint density at radius 2 is 1.22 bits per heavy atom. The van der Waals surface area contributed by atoms with Gasteiger partial charge in [0, 0.05) is 26.5 Å². The van der Waals surface area contributed by atoms with Crippen LogP contribution in [0.2, 0.25) is 0 Å². The molecule has 0 fully saturated rings. The van der Waals surface area contributed by atoms with Gasteiger partial charge in [0.2, 0.25) is 0 Å². The van der Waals surface area contributed by atoms with Crippen LogP contribution in [0.1, 0.15) is 0 Å². The fourth-order valence-corrected chi connectivity index (χ4v) is 1.41. The SMILES string of the molecule is CN1C=CN(OC(=O)C(=O)ON2C=CN(C)C2)C1. The monoisotopic (exact) mass is 254 g/mol. The quantitative estimate of drug-likeness (QED) is 0.597. The van der Waals surface area contributed by atoms with E-state index in [1.165, 1.54) is 10.1 Å². The molecular weight excluding hydrogens is 240 g/mol. The Bertz CT molecular complexity index is 371. The zero-order valence-corrected chi connectivity index (χ0v) is 10.1. The predicted octanol–water partition coefficient (Wildman–Crippen LogP) is -0.745. The highest BCUT2D eigenvalue weighted by molar-refractivity contribution is 6.29. The molecule has 0 spiro atoms. The molecule has 0 unspecified atom stereocenters. The second-order valence-electron chi connectivity index (χ2n) is 3.98. The van der Waals surface area contributed by atoms with Crippen LogP contribution in [-0.4, -0.2) is 59.3 Å². The first kappa shape index (κ1) is 12.1. The molecule has 8 nitrogen and oxygen atoms in total. The van der Waals surface area contributed by atoms with E-state index in [9.17, 15) is 9.59 Å². The molecule has 0 N–H and O–H groups in total. The Morgan fingerprint density at radius 3 is 1.50 bits per heavy atom. The zero-order chi connectivity index (χ0) is 13.1. The number of rotatable bonds is 2. The summed E-state index contributed by atoms with van der Waals surface area (Å²) >= 11 is 0. The van der Waals surface area contributed by atoms with Gasteiger partial charge in [0.1, 0.15) is 13.3 Å². The number of carbonyl (C=O) groups is 2. The summed E-state index contributed by atoms with van der Waals surface area (Å²) in [5.41, 5.74) is 0. The van der Waals surface area contributed by atoms with Crippen LogP contribution in [0.15, 0.2) is 24.8 Å². The molecule has 2 aliphatic heterocycles. The van der Waals surface area contributed by atoms with E-state index < -0.39 is 11.9 Å². The zero-order valence-electron chi connectivity index (χ0n) is 10.1. The summed E-state index contributed by atoms with van der Waals surface area (Å²) in [6.07, 6.45) is 6.54. The fourth-order valence-electron chi connectivity index (χ4n) is 1.41. The number of nitrogens with zero attached hydrogens (tertiary/aromatic N) is 4. The van der Waals surface area contributed by atoms with Crippen LogP contribution in [-0.2, 0) is 19.3 Å². The van der Waals surface area contributed by atoms with Gasteiger partial charge in [-0.05, 0) is 0 Å². The minimum Gasteiger partial charge on any atom is -0.359 e. The van der Waals surface area contributed by atoms with Gasteiger partial charge in [-0.3, -0.25) is 0 Å². The largest absolute Gasteiger partial charge is 0.444 e. The van der Waals surface area contributed by atoms with Crippen molar-refractivity contribution in [1.29, 1.82) is 0 Å². The molecule has 0 saturated heterocycles. The second-order valence-corrected chi connectivity index (χ2v) is 3.98. The number of carbonyl (C=O) groups excluding carboxylic acids is 2. The second kappa shape index (κ2) is 4.86. The topological polar surface area (TPSA) is 65.6 Å². The van der Waals surface area contributed by atoms with Gasteiger partial charge in [0.25, 0.3) is 0 Å². The number of hydrogen-bond acceptors (Lipinski definition) is 8. The maximum atomic E-state index is 11.4. The van der Waals surface area contributed by atoms with Crippen LogP contribution < -0.4 is 0 Å². The molecule has 0 saturated carbocycles. The highest BCUT2D eigenvalue weighted by atomic mass is 16.8. The lowest BCUT2D eigenvalue weighted by Gasteiger charge is -2.18. The highest BCUT2D eigenvalue weighted by Gasteiger charge is 2.25. The van der Waals surface area contributed by atoms with Gasteiger partial charge in [-0.2, -0.15) is 10.1 Å². The summed E-state index contributed by atoms with van der Waals surface area (Å²) in [6, 6.07) is 0.